The Balaban J connectivity index is 1.99. The molecule has 2 rings (SSSR count). The summed E-state index contributed by atoms with van der Waals surface area (Å²) in [5, 5.41) is 9.06. The summed E-state index contributed by atoms with van der Waals surface area (Å²) in [4.78, 5) is 13.7. The average Bonchev–Trinajstić information content (AvgIpc) is 2.35. The number of hydrogen-bond donors (Lipinski definition) is 1. The molecule has 1 aromatic rings. The Morgan fingerprint density at radius 3 is 2.65 bits per heavy atom. The van der Waals surface area contributed by atoms with Gasteiger partial charge in [0.05, 0.1) is 6.42 Å². The zero-order valence-electron chi connectivity index (χ0n) is 9.66. The molecular formula is C13H16FNO2. The highest BCUT2D eigenvalue weighted by Crippen LogP contribution is 2.17. The molecule has 1 amide bonds. The summed E-state index contributed by atoms with van der Waals surface area (Å²) in [6, 6.07) is 4.09. The fourth-order valence-electron chi connectivity index (χ4n) is 2.09. The van der Waals surface area contributed by atoms with E-state index < -0.39 is 5.82 Å². The molecule has 0 bridgehead atoms. The van der Waals surface area contributed by atoms with Crippen molar-refractivity contribution in [3.63, 3.8) is 0 Å². The lowest BCUT2D eigenvalue weighted by atomic mass is 10.1. The fourth-order valence-corrected chi connectivity index (χ4v) is 2.09. The number of nitrogens with zero attached hydrogens (tertiary/aromatic N) is 1. The Morgan fingerprint density at radius 1 is 1.29 bits per heavy atom. The lowest BCUT2D eigenvalue weighted by molar-refractivity contribution is -0.131. The monoisotopic (exact) mass is 237 g/mol. The Bertz CT molecular complexity index is 414. The zero-order valence-corrected chi connectivity index (χ0v) is 9.66. The highest BCUT2D eigenvalue weighted by molar-refractivity contribution is 5.78. The Labute approximate surface area is 99.9 Å². The van der Waals surface area contributed by atoms with Gasteiger partial charge in [0.2, 0.25) is 5.91 Å². The zero-order chi connectivity index (χ0) is 12.3. The molecule has 1 aliphatic rings. The number of carbonyl (C=O) groups is 1. The van der Waals surface area contributed by atoms with Crippen LogP contribution in [0.1, 0.15) is 24.8 Å². The van der Waals surface area contributed by atoms with Gasteiger partial charge >= 0.3 is 0 Å². The second kappa shape index (κ2) is 5.17. The molecule has 0 spiro atoms. The van der Waals surface area contributed by atoms with E-state index in [-0.39, 0.29) is 18.1 Å². The number of likely N-dealkylation sites (tertiary alicyclic amines) is 1. The van der Waals surface area contributed by atoms with E-state index in [1.54, 1.807) is 6.07 Å². The Hall–Kier alpha value is -1.58. The van der Waals surface area contributed by atoms with Gasteiger partial charge in [0.1, 0.15) is 0 Å². The van der Waals surface area contributed by atoms with E-state index in [2.05, 4.69) is 0 Å². The molecule has 1 heterocycles. The quantitative estimate of drug-likeness (QED) is 0.855. The Kier molecular flexibility index (Phi) is 3.61. The number of rotatable bonds is 2. The minimum atomic E-state index is -0.672. The first-order valence-electron chi connectivity index (χ1n) is 5.92. The first kappa shape index (κ1) is 11.9. The van der Waals surface area contributed by atoms with Crippen molar-refractivity contribution < 1.29 is 14.3 Å². The largest absolute Gasteiger partial charge is 0.505 e. The third kappa shape index (κ3) is 2.96. The standard InChI is InChI=1S/C13H16FNO2/c14-11-8-10(4-5-12(11)16)9-13(17)15-6-2-1-3-7-15/h4-5,8,16H,1-3,6-7,9H2. The average molecular weight is 237 g/mol. The molecule has 3 nitrogen and oxygen atoms in total. The summed E-state index contributed by atoms with van der Waals surface area (Å²) in [5.74, 6) is -1.01. The van der Waals surface area contributed by atoms with Crippen LogP contribution in [-0.2, 0) is 11.2 Å². The summed E-state index contributed by atoms with van der Waals surface area (Å²) in [7, 11) is 0. The van der Waals surface area contributed by atoms with Gasteiger partial charge in [-0.2, -0.15) is 0 Å². The lowest BCUT2D eigenvalue weighted by Crippen LogP contribution is -2.36. The van der Waals surface area contributed by atoms with Crippen LogP contribution in [0.15, 0.2) is 18.2 Å². The van der Waals surface area contributed by atoms with Crippen LogP contribution in [0.4, 0.5) is 4.39 Å². The van der Waals surface area contributed by atoms with E-state index in [0.717, 1.165) is 25.9 Å². The molecule has 1 N–H and O–H groups in total. The molecule has 4 heteroatoms. The van der Waals surface area contributed by atoms with Gasteiger partial charge in [-0.3, -0.25) is 4.79 Å². The SMILES string of the molecule is O=C(Cc1ccc(O)c(F)c1)N1CCCCC1. The predicted molar refractivity (Wildman–Crippen MR) is 62.2 cm³/mol. The summed E-state index contributed by atoms with van der Waals surface area (Å²) < 4.78 is 13.1. The van der Waals surface area contributed by atoms with Gasteiger partial charge in [-0.15, -0.1) is 0 Å². The molecule has 1 aliphatic heterocycles. The molecule has 0 aromatic heterocycles. The molecule has 0 aliphatic carbocycles. The highest BCUT2D eigenvalue weighted by Gasteiger charge is 2.17. The predicted octanol–water partition coefficient (Wildman–Crippen LogP) is 2.09. The van der Waals surface area contributed by atoms with Crippen LogP contribution in [0.25, 0.3) is 0 Å². The van der Waals surface area contributed by atoms with Crippen molar-refractivity contribution in [2.45, 2.75) is 25.7 Å². The third-order valence-corrected chi connectivity index (χ3v) is 3.08. The van der Waals surface area contributed by atoms with Gasteiger partial charge in [-0.05, 0) is 37.0 Å². The summed E-state index contributed by atoms with van der Waals surface area (Å²) >= 11 is 0. The summed E-state index contributed by atoms with van der Waals surface area (Å²) in [6.07, 6.45) is 3.49. The number of phenols is 1. The van der Waals surface area contributed by atoms with Crippen molar-refractivity contribution >= 4 is 5.91 Å². The molecule has 0 saturated carbocycles. The van der Waals surface area contributed by atoms with Crippen LogP contribution in [-0.4, -0.2) is 29.0 Å². The van der Waals surface area contributed by atoms with Crippen molar-refractivity contribution in [3.05, 3.63) is 29.6 Å². The van der Waals surface area contributed by atoms with Crippen LogP contribution in [0, 0.1) is 5.82 Å². The minimum Gasteiger partial charge on any atom is -0.505 e. The van der Waals surface area contributed by atoms with E-state index in [9.17, 15) is 9.18 Å². The van der Waals surface area contributed by atoms with Crippen LogP contribution in [0.2, 0.25) is 0 Å². The number of amides is 1. The number of piperidine rings is 1. The normalized spacial score (nSPS) is 15.9. The molecule has 1 saturated heterocycles. The number of halogens is 1. The van der Waals surface area contributed by atoms with Crippen molar-refractivity contribution in [3.8, 4) is 5.75 Å². The van der Waals surface area contributed by atoms with Crippen molar-refractivity contribution in [1.82, 2.24) is 4.90 Å². The number of carbonyl (C=O) groups excluding carboxylic acids is 1. The maximum atomic E-state index is 13.1. The maximum absolute atomic E-state index is 13.1. The number of benzene rings is 1. The molecule has 0 atom stereocenters. The minimum absolute atomic E-state index is 0.0368. The number of hydrogen-bond acceptors (Lipinski definition) is 2. The van der Waals surface area contributed by atoms with E-state index in [1.807, 2.05) is 4.90 Å². The topological polar surface area (TPSA) is 40.5 Å². The third-order valence-electron chi connectivity index (χ3n) is 3.08. The second-order valence-corrected chi connectivity index (χ2v) is 4.40. The van der Waals surface area contributed by atoms with E-state index in [4.69, 9.17) is 5.11 Å². The number of phenolic OH excluding ortho intramolecular Hbond substituents is 1. The molecular weight excluding hydrogens is 221 g/mol. The van der Waals surface area contributed by atoms with Gasteiger partial charge in [-0.1, -0.05) is 6.07 Å². The molecule has 1 aromatic carbocycles. The summed E-state index contributed by atoms with van der Waals surface area (Å²) in [5.41, 5.74) is 0.607. The number of aromatic hydroxyl groups is 1. The summed E-state index contributed by atoms with van der Waals surface area (Å²) in [6.45, 7) is 1.61. The van der Waals surface area contributed by atoms with E-state index in [0.29, 0.717) is 5.56 Å². The van der Waals surface area contributed by atoms with Crippen LogP contribution >= 0.6 is 0 Å². The van der Waals surface area contributed by atoms with E-state index in [1.165, 1.54) is 18.6 Å². The van der Waals surface area contributed by atoms with Crippen molar-refractivity contribution in [1.29, 1.82) is 0 Å². The van der Waals surface area contributed by atoms with E-state index >= 15 is 0 Å². The van der Waals surface area contributed by atoms with Crippen LogP contribution in [0.5, 0.6) is 5.75 Å². The van der Waals surface area contributed by atoms with Crippen LogP contribution < -0.4 is 0 Å². The molecule has 17 heavy (non-hydrogen) atoms. The maximum Gasteiger partial charge on any atom is 0.226 e. The molecule has 0 radical (unpaired) electrons. The first-order valence-corrected chi connectivity index (χ1v) is 5.92. The lowest BCUT2D eigenvalue weighted by Gasteiger charge is -2.26. The van der Waals surface area contributed by atoms with Gasteiger partial charge in [0.25, 0.3) is 0 Å². The van der Waals surface area contributed by atoms with Gasteiger partial charge in [-0.25, -0.2) is 4.39 Å². The first-order chi connectivity index (χ1) is 8.16. The van der Waals surface area contributed by atoms with Crippen molar-refractivity contribution in [2.24, 2.45) is 0 Å². The second-order valence-electron chi connectivity index (χ2n) is 4.40. The molecule has 0 unspecified atom stereocenters. The van der Waals surface area contributed by atoms with Crippen LogP contribution in [0.3, 0.4) is 0 Å². The highest BCUT2D eigenvalue weighted by atomic mass is 19.1. The fraction of sp³-hybridized carbons (Fsp3) is 0.462. The van der Waals surface area contributed by atoms with Gasteiger partial charge in [0, 0.05) is 13.1 Å². The smallest absolute Gasteiger partial charge is 0.226 e. The van der Waals surface area contributed by atoms with Gasteiger partial charge in [0.15, 0.2) is 11.6 Å². The van der Waals surface area contributed by atoms with Gasteiger partial charge < -0.3 is 10.0 Å². The van der Waals surface area contributed by atoms with Crippen molar-refractivity contribution in [2.75, 3.05) is 13.1 Å². The molecule has 1 fully saturated rings. The molecule has 92 valence electrons. The Morgan fingerprint density at radius 2 is 2.00 bits per heavy atom.